The Labute approximate surface area is 108 Å². The number of Topliss-reactive ketones (excluding diaryl/α,β-unsaturated/α-hetero) is 1. The average Bonchev–Trinajstić information content (AvgIpc) is 2.40. The van der Waals surface area contributed by atoms with E-state index in [0.29, 0.717) is 19.3 Å². The van der Waals surface area contributed by atoms with Crippen LogP contribution in [-0.2, 0) is 23.9 Å². The Morgan fingerprint density at radius 3 is 2.06 bits per heavy atom. The molecule has 0 fully saturated rings. The van der Waals surface area contributed by atoms with Gasteiger partial charge in [-0.25, -0.2) is 0 Å². The smallest absolute Gasteiger partial charge is 0.305 e. The van der Waals surface area contributed by atoms with Crippen LogP contribution >= 0.6 is 0 Å². The molecule has 0 amide bonds. The van der Waals surface area contributed by atoms with Crippen molar-refractivity contribution in [2.75, 3.05) is 6.61 Å². The van der Waals surface area contributed by atoms with E-state index in [9.17, 15) is 14.4 Å². The van der Waals surface area contributed by atoms with Gasteiger partial charge in [0.2, 0.25) is 0 Å². The van der Waals surface area contributed by atoms with E-state index in [0.717, 1.165) is 0 Å². The van der Waals surface area contributed by atoms with E-state index >= 15 is 0 Å². The van der Waals surface area contributed by atoms with Gasteiger partial charge >= 0.3 is 11.9 Å². The maximum Gasteiger partial charge on any atom is 0.305 e. The number of esters is 2. The third-order valence-electron chi connectivity index (χ3n) is 2.45. The van der Waals surface area contributed by atoms with Crippen molar-refractivity contribution < 1.29 is 23.9 Å². The van der Waals surface area contributed by atoms with Crippen LogP contribution in [0.3, 0.4) is 0 Å². The first-order valence-electron chi connectivity index (χ1n) is 6.40. The minimum atomic E-state index is -0.525. The lowest BCUT2D eigenvalue weighted by molar-refractivity contribution is -0.159. The number of hydrogen-bond acceptors (Lipinski definition) is 5. The van der Waals surface area contributed by atoms with Gasteiger partial charge in [0.1, 0.15) is 18.5 Å². The fourth-order valence-corrected chi connectivity index (χ4v) is 1.23. The van der Waals surface area contributed by atoms with Crippen LogP contribution < -0.4 is 0 Å². The van der Waals surface area contributed by atoms with Crippen molar-refractivity contribution in [3.05, 3.63) is 0 Å². The summed E-state index contributed by atoms with van der Waals surface area (Å²) in [5.74, 6) is -0.583. The fourth-order valence-electron chi connectivity index (χ4n) is 1.23. The normalized spacial score (nSPS) is 11.7. The van der Waals surface area contributed by atoms with Crippen molar-refractivity contribution in [3.8, 4) is 0 Å². The van der Waals surface area contributed by atoms with E-state index in [1.54, 1.807) is 20.8 Å². The largest absolute Gasteiger partial charge is 0.462 e. The quantitative estimate of drug-likeness (QED) is 0.592. The number of carbonyl (C=O) groups excluding carboxylic acids is 3. The van der Waals surface area contributed by atoms with Gasteiger partial charge in [-0.05, 0) is 6.42 Å². The van der Waals surface area contributed by atoms with Crippen LogP contribution in [0.2, 0.25) is 0 Å². The van der Waals surface area contributed by atoms with E-state index in [4.69, 9.17) is 9.47 Å². The molecule has 0 spiro atoms. The molecule has 0 aliphatic carbocycles. The predicted octanol–water partition coefficient (Wildman–Crippen LogP) is 2.02. The maximum atomic E-state index is 11.2. The van der Waals surface area contributed by atoms with Crippen molar-refractivity contribution in [1.29, 1.82) is 0 Å². The molecule has 0 radical (unpaired) electrons. The van der Waals surface area contributed by atoms with Crippen LogP contribution in [0.1, 0.15) is 52.9 Å². The molecule has 1 atom stereocenters. The number of hydrogen-bond donors (Lipinski definition) is 0. The Balaban J connectivity index is 4.19. The highest BCUT2D eigenvalue weighted by molar-refractivity contribution is 5.78. The lowest BCUT2D eigenvalue weighted by Crippen LogP contribution is -2.25. The first kappa shape index (κ1) is 16.6. The molecule has 0 aliphatic rings. The van der Waals surface area contributed by atoms with E-state index in [1.165, 1.54) is 0 Å². The van der Waals surface area contributed by atoms with Crippen molar-refractivity contribution in [1.82, 2.24) is 0 Å². The van der Waals surface area contributed by atoms with Gasteiger partial charge in [-0.3, -0.25) is 14.4 Å². The molecule has 0 aliphatic heterocycles. The second-order valence-electron chi connectivity index (χ2n) is 3.93. The Kier molecular flexibility index (Phi) is 8.88. The zero-order valence-electron chi connectivity index (χ0n) is 11.4. The molecule has 0 rings (SSSR count). The number of ketones is 1. The summed E-state index contributed by atoms with van der Waals surface area (Å²) in [7, 11) is 0. The minimum Gasteiger partial charge on any atom is -0.462 e. The zero-order chi connectivity index (χ0) is 14.0. The summed E-state index contributed by atoms with van der Waals surface area (Å²) < 4.78 is 10.1. The molecule has 0 saturated carbocycles. The zero-order valence-corrected chi connectivity index (χ0v) is 11.4. The molecule has 104 valence electrons. The van der Waals surface area contributed by atoms with Gasteiger partial charge in [0, 0.05) is 25.7 Å². The average molecular weight is 258 g/mol. The van der Waals surface area contributed by atoms with Gasteiger partial charge in [-0.2, -0.15) is 0 Å². The van der Waals surface area contributed by atoms with Crippen molar-refractivity contribution in [3.63, 3.8) is 0 Å². The SMILES string of the molecule is CCC(=O)CCC(COC(=O)CC)OC(=O)CC. The van der Waals surface area contributed by atoms with Crippen LogP contribution in [0.5, 0.6) is 0 Å². The molecule has 5 heteroatoms. The highest BCUT2D eigenvalue weighted by atomic mass is 16.6. The Morgan fingerprint density at radius 2 is 1.56 bits per heavy atom. The summed E-state index contributed by atoms with van der Waals surface area (Å²) in [6.07, 6.45) is 1.21. The first-order chi connectivity index (χ1) is 8.53. The number of rotatable bonds is 9. The molecule has 1 unspecified atom stereocenters. The van der Waals surface area contributed by atoms with E-state index in [1.807, 2.05) is 0 Å². The maximum absolute atomic E-state index is 11.2. The van der Waals surface area contributed by atoms with Gasteiger partial charge in [-0.1, -0.05) is 20.8 Å². The second-order valence-corrected chi connectivity index (χ2v) is 3.93. The van der Waals surface area contributed by atoms with Crippen molar-refractivity contribution >= 4 is 17.7 Å². The summed E-state index contributed by atoms with van der Waals surface area (Å²) >= 11 is 0. The third kappa shape index (κ3) is 7.81. The molecule has 0 aromatic rings. The van der Waals surface area contributed by atoms with E-state index in [-0.39, 0.29) is 37.2 Å². The molecule has 0 bridgehead atoms. The Morgan fingerprint density at radius 1 is 0.944 bits per heavy atom. The predicted molar refractivity (Wildman–Crippen MR) is 66.0 cm³/mol. The minimum absolute atomic E-state index is 0.0232. The van der Waals surface area contributed by atoms with Crippen LogP contribution in [0, 0.1) is 0 Å². The summed E-state index contributed by atoms with van der Waals surface area (Å²) in [6, 6.07) is 0. The first-order valence-corrected chi connectivity index (χ1v) is 6.40. The molecular weight excluding hydrogens is 236 g/mol. The highest BCUT2D eigenvalue weighted by Crippen LogP contribution is 2.07. The Bertz CT molecular complexity index is 265. The summed E-state index contributed by atoms with van der Waals surface area (Å²) in [6.45, 7) is 5.19. The molecule has 18 heavy (non-hydrogen) atoms. The summed E-state index contributed by atoms with van der Waals surface area (Å²) in [4.78, 5) is 33.5. The molecule has 0 aromatic heterocycles. The van der Waals surface area contributed by atoms with E-state index < -0.39 is 6.10 Å². The molecule has 0 aromatic carbocycles. The van der Waals surface area contributed by atoms with Gasteiger partial charge in [0.25, 0.3) is 0 Å². The van der Waals surface area contributed by atoms with E-state index in [2.05, 4.69) is 0 Å². The Hall–Kier alpha value is -1.39. The summed E-state index contributed by atoms with van der Waals surface area (Å²) in [5, 5.41) is 0. The van der Waals surface area contributed by atoms with Crippen LogP contribution in [0.25, 0.3) is 0 Å². The van der Waals surface area contributed by atoms with Crippen LogP contribution in [0.4, 0.5) is 0 Å². The van der Waals surface area contributed by atoms with Crippen molar-refractivity contribution in [2.45, 2.75) is 59.0 Å². The summed E-state index contributed by atoms with van der Waals surface area (Å²) in [5.41, 5.74) is 0. The topological polar surface area (TPSA) is 69.7 Å². The number of carbonyl (C=O) groups is 3. The second kappa shape index (κ2) is 9.62. The van der Waals surface area contributed by atoms with Crippen LogP contribution in [-0.4, -0.2) is 30.4 Å². The third-order valence-corrected chi connectivity index (χ3v) is 2.45. The molecule has 5 nitrogen and oxygen atoms in total. The standard InChI is InChI=1S/C13H22O5/c1-4-10(14)7-8-11(18-13(16)6-3)9-17-12(15)5-2/h11H,4-9H2,1-3H3. The highest BCUT2D eigenvalue weighted by Gasteiger charge is 2.16. The fraction of sp³-hybridized carbons (Fsp3) is 0.769. The lowest BCUT2D eigenvalue weighted by Gasteiger charge is -2.17. The van der Waals surface area contributed by atoms with Crippen LogP contribution in [0.15, 0.2) is 0 Å². The monoisotopic (exact) mass is 258 g/mol. The lowest BCUT2D eigenvalue weighted by atomic mass is 10.1. The number of ether oxygens (including phenoxy) is 2. The molecule has 0 heterocycles. The molecule has 0 saturated heterocycles. The molecule has 0 N–H and O–H groups in total. The van der Waals surface area contributed by atoms with Gasteiger partial charge in [0.05, 0.1) is 0 Å². The van der Waals surface area contributed by atoms with Gasteiger partial charge in [-0.15, -0.1) is 0 Å². The van der Waals surface area contributed by atoms with Gasteiger partial charge < -0.3 is 9.47 Å². The molecular formula is C13H22O5. The van der Waals surface area contributed by atoms with Crippen molar-refractivity contribution in [2.24, 2.45) is 0 Å². The van der Waals surface area contributed by atoms with Gasteiger partial charge in [0.15, 0.2) is 0 Å².